The van der Waals surface area contributed by atoms with Crippen molar-refractivity contribution in [3.63, 3.8) is 0 Å². The maximum atomic E-state index is 11.8. The highest BCUT2D eigenvalue weighted by molar-refractivity contribution is 7.22. The summed E-state index contributed by atoms with van der Waals surface area (Å²) in [5, 5.41) is 13.0. The van der Waals surface area contributed by atoms with Gasteiger partial charge in [-0.25, -0.2) is 0 Å². The Kier molecular flexibility index (Phi) is 5.25. The van der Waals surface area contributed by atoms with Gasteiger partial charge in [0, 0.05) is 20.7 Å². The average molecular weight is 443 g/mol. The van der Waals surface area contributed by atoms with Gasteiger partial charge in [-0.05, 0) is 68.3 Å². The molecule has 32 heavy (non-hydrogen) atoms. The van der Waals surface area contributed by atoms with Gasteiger partial charge in [0.15, 0.2) is 0 Å². The van der Waals surface area contributed by atoms with Crippen LogP contribution in [-0.4, -0.2) is 5.11 Å². The van der Waals surface area contributed by atoms with Gasteiger partial charge in [-0.1, -0.05) is 61.7 Å². The summed E-state index contributed by atoms with van der Waals surface area (Å²) < 4.78 is 7.75. The zero-order valence-electron chi connectivity index (χ0n) is 19.3. The Morgan fingerprint density at radius 1 is 0.969 bits per heavy atom. The monoisotopic (exact) mass is 442 g/mol. The van der Waals surface area contributed by atoms with Gasteiger partial charge in [0.2, 0.25) is 0 Å². The number of rotatable bonds is 5. The minimum Gasteiger partial charge on any atom is -0.506 e. The molecule has 0 spiro atoms. The number of ether oxygens (including phenoxy) is 1. The Morgan fingerprint density at radius 2 is 1.78 bits per heavy atom. The van der Waals surface area contributed by atoms with Gasteiger partial charge in [-0.3, -0.25) is 0 Å². The third kappa shape index (κ3) is 3.49. The van der Waals surface area contributed by atoms with Crippen LogP contribution in [0.4, 0.5) is 0 Å². The number of phenolic OH excluding ortho intramolecular Hbond substituents is 1. The van der Waals surface area contributed by atoms with E-state index in [1.807, 2.05) is 0 Å². The van der Waals surface area contributed by atoms with Crippen LogP contribution in [0.15, 0.2) is 54.6 Å². The highest BCUT2D eigenvalue weighted by Crippen LogP contribution is 2.54. The van der Waals surface area contributed by atoms with Gasteiger partial charge in [-0.2, -0.15) is 0 Å². The van der Waals surface area contributed by atoms with Gasteiger partial charge < -0.3 is 9.84 Å². The third-order valence-electron chi connectivity index (χ3n) is 6.53. The van der Waals surface area contributed by atoms with Crippen LogP contribution in [0.5, 0.6) is 11.5 Å². The summed E-state index contributed by atoms with van der Waals surface area (Å²) in [7, 11) is 0. The predicted molar refractivity (Wildman–Crippen MR) is 136 cm³/mol. The van der Waals surface area contributed by atoms with Gasteiger partial charge >= 0.3 is 0 Å². The van der Waals surface area contributed by atoms with E-state index in [0.717, 1.165) is 45.7 Å². The van der Waals surface area contributed by atoms with E-state index in [1.165, 1.54) is 34.1 Å². The number of unbranched alkanes of at least 4 members (excludes halogenated alkanes) is 2. The summed E-state index contributed by atoms with van der Waals surface area (Å²) in [6.07, 6.45) is 4.39. The maximum Gasteiger partial charge on any atom is 0.136 e. The standard InChI is InChI=1S/C29H30O2S/c1-5-6-7-11-20-16-23-27(21-15-18(2)13-14-22(21)29(3,4)31-23)28(30)26(20)25-17-19-10-8-9-12-24(19)32-25/h8-10,12-17,30H,5-7,11H2,1-4H3. The van der Waals surface area contributed by atoms with Crippen LogP contribution in [0.1, 0.15) is 56.7 Å². The van der Waals surface area contributed by atoms with Gasteiger partial charge in [0.25, 0.3) is 0 Å². The first-order chi connectivity index (χ1) is 15.4. The molecule has 2 nitrogen and oxygen atoms in total. The molecule has 0 saturated heterocycles. The third-order valence-corrected chi connectivity index (χ3v) is 7.66. The molecule has 1 N–H and O–H groups in total. The highest BCUT2D eigenvalue weighted by atomic mass is 32.1. The summed E-state index contributed by atoms with van der Waals surface area (Å²) in [6, 6.07) is 19.3. The molecule has 2 heterocycles. The molecule has 0 radical (unpaired) electrons. The fourth-order valence-electron chi connectivity index (χ4n) is 4.90. The molecule has 1 aliphatic rings. The molecule has 1 aromatic heterocycles. The smallest absolute Gasteiger partial charge is 0.136 e. The Labute approximate surface area is 194 Å². The summed E-state index contributed by atoms with van der Waals surface area (Å²) in [5.41, 5.74) is 5.91. The summed E-state index contributed by atoms with van der Waals surface area (Å²) in [6.45, 7) is 8.54. The van der Waals surface area contributed by atoms with E-state index < -0.39 is 5.60 Å². The summed E-state index contributed by atoms with van der Waals surface area (Å²) >= 11 is 1.75. The molecule has 164 valence electrons. The number of benzene rings is 3. The van der Waals surface area contributed by atoms with Crippen LogP contribution in [0.25, 0.3) is 31.7 Å². The zero-order chi connectivity index (χ0) is 22.5. The normalized spacial score (nSPS) is 14.1. The SMILES string of the molecule is CCCCCc1cc2c(c(O)c1-c1cc3ccccc3s1)-c1cc(C)ccc1C(C)(C)O2. The lowest BCUT2D eigenvalue weighted by atomic mass is 9.83. The van der Waals surface area contributed by atoms with E-state index in [2.05, 4.69) is 82.3 Å². The van der Waals surface area contributed by atoms with Crippen molar-refractivity contribution in [1.29, 1.82) is 0 Å². The van der Waals surface area contributed by atoms with Crippen molar-refractivity contribution in [2.24, 2.45) is 0 Å². The van der Waals surface area contributed by atoms with Crippen LogP contribution >= 0.6 is 11.3 Å². The van der Waals surface area contributed by atoms with E-state index in [4.69, 9.17) is 4.74 Å². The number of aryl methyl sites for hydroxylation is 2. The first-order valence-electron chi connectivity index (χ1n) is 11.6. The number of aromatic hydroxyl groups is 1. The predicted octanol–water partition coefficient (Wildman–Crippen LogP) is 8.61. The van der Waals surface area contributed by atoms with Gasteiger partial charge in [-0.15, -0.1) is 11.3 Å². The van der Waals surface area contributed by atoms with Crippen molar-refractivity contribution in [3.05, 3.63) is 71.3 Å². The highest BCUT2D eigenvalue weighted by Gasteiger charge is 2.35. The van der Waals surface area contributed by atoms with Gasteiger partial charge in [0.1, 0.15) is 17.1 Å². The largest absolute Gasteiger partial charge is 0.506 e. The van der Waals surface area contributed by atoms with Crippen molar-refractivity contribution < 1.29 is 9.84 Å². The van der Waals surface area contributed by atoms with E-state index in [-0.39, 0.29) is 0 Å². The lowest BCUT2D eigenvalue weighted by molar-refractivity contribution is 0.105. The number of thiophene rings is 1. The van der Waals surface area contributed by atoms with Crippen molar-refractivity contribution in [2.75, 3.05) is 0 Å². The molecular formula is C29H30O2S. The first kappa shape index (κ1) is 21.1. The van der Waals surface area contributed by atoms with E-state index in [9.17, 15) is 5.11 Å². The van der Waals surface area contributed by atoms with E-state index in [0.29, 0.717) is 5.75 Å². The fraction of sp³-hybridized carbons (Fsp3) is 0.310. The molecule has 0 amide bonds. The molecular weight excluding hydrogens is 412 g/mol. The van der Waals surface area contributed by atoms with Gasteiger partial charge in [0.05, 0.1) is 5.56 Å². The Balaban J connectivity index is 1.77. The van der Waals surface area contributed by atoms with E-state index in [1.54, 1.807) is 11.3 Å². The molecule has 3 heteroatoms. The molecule has 0 fully saturated rings. The quantitative estimate of drug-likeness (QED) is 0.313. The summed E-state index contributed by atoms with van der Waals surface area (Å²) in [5.74, 6) is 1.14. The number of hydrogen-bond acceptors (Lipinski definition) is 3. The Bertz CT molecular complexity index is 1280. The maximum absolute atomic E-state index is 11.8. The average Bonchev–Trinajstić information content (AvgIpc) is 3.16. The lowest BCUT2D eigenvalue weighted by Gasteiger charge is -2.36. The minimum absolute atomic E-state index is 0.350. The molecule has 3 aromatic carbocycles. The number of hydrogen-bond donors (Lipinski definition) is 1. The second-order valence-electron chi connectivity index (χ2n) is 9.40. The second kappa shape index (κ2) is 7.97. The molecule has 0 aliphatic carbocycles. The second-order valence-corrected chi connectivity index (χ2v) is 10.5. The topological polar surface area (TPSA) is 29.5 Å². The molecule has 1 aliphatic heterocycles. The van der Waals surface area contributed by atoms with Crippen LogP contribution in [0, 0.1) is 6.92 Å². The molecule has 4 aromatic rings. The number of phenols is 1. The summed E-state index contributed by atoms with van der Waals surface area (Å²) in [4.78, 5) is 1.12. The number of fused-ring (bicyclic) bond motifs is 4. The van der Waals surface area contributed by atoms with Crippen molar-refractivity contribution >= 4 is 21.4 Å². The van der Waals surface area contributed by atoms with Crippen LogP contribution < -0.4 is 4.74 Å². The van der Waals surface area contributed by atoms with Crippen LogP contribution in [0.3, 0.4) is 0 Å². The first-order valence-corrected chi connectivity index (χ1v) is 12.4. The van der Waals surface area contributed by atoms with Crippen molar-refractivity contribution in [3.8, 4) is 33.1 Å². The van der Waals surface area contributed by atoms with Crippen molar-refractivity contribution in [2.45, 2.75) is 59.0 Å². The van der Waals surface area contributed by atoms with Crippen LogP contribution in [-0.2, 0) is 12.0 Å². The molecule has 0 bridgehead atoms. The molecule has 0 atom stereocenters. The minimum atomic E-state index is -0.442. The lowest BCUT2D eigenvalue weighted by Crippen LogP contribution is -2.29. The van der Waals surface area contributed by atoms with E-state index >= 15 is 0 Å². The fourth-order valence-corrected chi connectivity index (χ4v) is 6.04. The van der Waals surface area contributed by atoms with Crippen LogP contribution in [0.2, 0.25) is 0 Å². The Hall–Kier alpha value is -2.78. The zero-order valence-corrected chi connectivity index (χ0v) is 20.1. The van der Waals surface area contributed by atoms with Crippen molar-refractivity contribution in [1.82, 2.24) is 0 Å². The Morgan fingerprint density at radius 3 is 2.56 bits per heavy atom. The molecule has 0 unspecified atom stereocenters. The molecule has 5 rings (SSSR count). The molecule has 0 saturated carbocycles.